The van der Waals surface area contributed by atoms with Gasteiger partial charge in [0, 0.05) is 34.8 Å². The summed E-state index contributed by atoms with van der Waals surface area (Å²) in [4.78, 5) is 103. The maximum atomic E-state index is 14.5. The third kappa shape index (κ3) is 8.69. The molecule has 0 radical (unpaired) electrons. The first-order valence-electron chi connectivity index (χ1n) is 16.6. The van der Waals surface area contributed by atoms with E-state index in [0.29, 0.717) is 22.7 Å². The summed E-state index contributed by atoms with van der Waals surface area (Å²) >= 11 is 6.22. The van der Waals surface area contributed by atoms with Gasteiger partial charge < -0.3 is 25.8 Å². The van der Waals surface area contributed by atoms with Gasteiger partial charge in [0.25, 0.3) is 11.5 Å². The van der Waals surface area contributed by atoms with E-state index < -0.39 is 76.2 Å². The number of halogens is 1. The van der Waals surface area contributed by atoms with Crippen molar-refractivity contribution in [1.82, 2.24) is 36.3 Å². The normalized spacial score (nSPS) is 21.2. The number of aromatic nitrogens is 2. The number of hydrogen-bond donors (Lipinski definition) is 6. The number of likely N-dealkylation sites (tertiary alicyclic amines) is 1. The molecule has 0 unspecified atom stereocenters. The van der Waals surface area contributed by atoms with Crippen molar-refractivity contribution in [2.24, 2.45) is 5.41 Å². The lowest BCUT2D eigenvalue weighted by Gasteiger charge is -2.35. The van der Waals surface area contributed by atoms with Crippen molar-refractivity contribution in [1.29, 1.82) is 0 Å². The zero-order valence-corrected chi connectivity index (χ0v) is 29.1. The fraction of sp³-hybridized carbons (Fsp3) is 0.500. The Morgan fingerprint density at radius 3 is 2.46 bits per heavy atom. The van der Waals surface area contributed by atoms with E-state index in [1.54, 1.807) is 45.0 Å². The largest absolute Gasteiger partial charge is 0.347 e. The molecule has 50 heavy (non-hydrogen) atoms. The average molecular weight is 712 g/mol. The minimum Gasteiger partial charge on any atom is -0.347 e. The van der Waals surface area contributed by atoms with Crippen molar-refractivity contribution in [2.45, 2.75) is 96.0 Å². The highest BCUT2D eigenvalue weighted by Gasteiger charge is 2.54. The summed E-state index contributed by atoms with van der Waals surface area (Å²) in [5, 5.41) is 8.62. The van der Waals surface area contributed by atoms with Crippen LogP contribution in [0.3, 0.4) is 0 Å². The number of nitrogens with zero attached hydrogens (tertiary/aromatic N) is 1. The number of H-pyrrole nitrogens is 2. The Labute approximate surface area is 292 Å². The molecule has 1 aromatic heterocycles. The van der Waals surface area contributed by atoms with Crippen molar-refractivity contribution >= 4 is 46.7 Å². The number of ketones is 1. The average Bonchev–Trinajstić information content (AvgIpc) is 3.62. The molecule has 3 aliphatic rings. The summed E-state index contributed by atoms with van der Waals surface area (Å²) in [6.07, 6.45) is 3.65. The maximum Gasteiger partial charge on any atom is 0.325 e. The van der Waals surface area contributed by atoms with E-state index in [4.69, 9.17) is 16.4 Å². The summed E-state index contributed by atoms with van der Waals surface area (Å²) in [7, 11) is 0. The second-order valence-corrected chi connectivity index (χ2v) is 14.6. The maximum absolute atomic E-state index is 14.5. The Morgan fingerprint density at radius 2 is 1.82 bits per heavy atom. The fourth-order valence-electron chi connectivity index (χ4n) is 6.10. The Bertz CT molecular complexity index is 1800. The van der Waals surface area contributed by atoms with Crippen LogP contribution < -0.4 is 32.7 Å². The van der Waals surface area contributed by atoms with Crippen LogP contribution in [0.1, 0.15) is 71.1 Å². The van der Waals surface area contributed by atoms with Gasteiger partial charge in [-0.15, -0.1) is 0 Å². The number of carbonyl (C=O) groups is 5. The monoisotopic (exact) mass is 711 g/mol. The van der Waals surface area contributed by atoms with Gasteiger partial charge >= 0.3 is 5.69 Å². The third-order valence-corrected chi connectivity index (χ3v) is 9.01. The van der Waals surface area contributed by atoms with Crippen LogP contribution in [-0.4, -0.2) is 80.6 Å². The van der Waals surface area contributed by atoms with Gasteiger partial charge in [-0.3, -0.25) is 44.1 Å². The highest BCUT2D eigenvalue weighted by Crippen LogP contribution is 2.39. The fourth-order valence-corrected chi connectivity index (χ4v) is 6.29. The highest BCUT2D eigenvalue weighted by molar-refractivity contribution is 6.38. The van der Waals surface area contributed by atoms with Crippen LogP contribution in [0, 0.1) is 5.41 Å². The van der Waals surface area contributed by atoms with Crippen LogP contribution in [0.5, 0.6) is 0 Å². The van der Waals surface area contributed by atoms with Crippen LogP contribution in [-0.2, 0) is 35.2 Å². The Morgan fingerprint density at radius 1 is 1.08 bits per heavy atom. The second kappa shape index (κ2) is 14.6. The van der Waals surface area contributed by atoms with Crippen LogP contribution in [0.2, 0.25) is 5.02 Å². The molecule has 2 aromatic rings. The molecule has 0 bridgehead atoms. The highest BCUT2D eigenvalue weighted by atomic mass is 35.5. The van der Waals surface area contributed by atoms with Gasteiger partial charge in [0.15, 0.2) is 0 Å². The van der Waals surface area contributed by atoms with Crippen molar-refractivity contribution < 1.29 is 28.8 Å². The van der Waals surface area contributed by atoms with Crippen molar-refractivity contribution in [3.63, 3.8) is 0 Å². The van der Waals surface area contributed by atoms with Crippen LogP contribution in [0.25, 0.3) is 5.70 Å². The van der Waals surface area contributed by atoms with Gasteiger partial charge in [0.1, 0.15) is 17.7 Å². The van der Waals surface area contributed by atoms with Crippen LogP contribution >= 0.6 is 11.6 Å². The molecule has 2 aliphatic heterocycles. The molecule has 15 nitrogen and oxygen atoms in total. The van der Waals surface area contributed by atoms with E-state index >= 15 is 0 Å². The zero-order valence-electron chi connectivity index (χ0n) is 28.3. The Balaban J connectivity index is 1.43. The van der Waals surface area contributed by atoms with Gasteiger partial charge in [-0.05, 0) is 42.9 Å². The zero-order chi connectivity index (χ0) is 36.4. The molecule has 16 heteroatoms. The molecule has 6 N–H and O–H groups in total. The number of benzene rings is 1. The van der Waals surface area contributed by atoms with Gasteiger partial charge in [0.2, 0.25) is 23.5 Å². The number of aromatic amines is 2. The molecule has 268 valence electrons. The number of hydroxylamine groups is 1. The van der Waals surface area contributed by atoms with E-state index in [1.165, 1.54) is 4.90 Å². The second-order valence-electron chi connectivity index (χ2n) is 14.1. The van der Waals surface area contributed by atoms with Gasteiger partial charge in [-0.1, -0.05) is 57.8 Å². The summed E-state index contributed by atoms with van der Waals surface area (Å²) in [5.74, 6) is -3.43. The Hall–Kier alpha value is -4.76. The molecule has 3 heterocycles. The van der Waals surface area contributed by atoms with Crippen LogP contribution in [0.4, 0.5) is 0 Å². The first-order valence-corrected chi connectivity index (χ1v) is 17.0. The van der Waals surface area contributed by atoms with E-state index in [0.717, 1.165) is 18.9 Å². The van der Waals surface area contributed by atoms with Crippen LogP contribution in [0.15, 0.2) is 46.0 Å². The molecular weight excluding hydrogens is 670 g/mol. The summed E-state index contributed by atoms with van der Waals surface area (Å²) in [5.41, 5.74) is 0.724. The van der Waals surface area contributed by atoms with E-state index in [1.807, 2.05) is 18.0 Å². The summed E-state index contributed by atoms with van der Waals surface area (Å²) in [6, 6.07) is 4.63. The van der Waals surface area contributed by atoms with Gasteiger partial charge in [-0.25, -0.2) is 4.79 Å². The van der Waals surface area contributed by atoms with Crippen molar-refractivity contribution in [2.75, 3.05) is 6.54 Å². The standard InChI is InChI=1S/C34H42ClN7O8/c1-5-7-22(27(45)30(47)36-20-10-11-20)38-29(46)24-16-34(15-23(41-50-34)18-8-6-9-19(35)12-18)17-42(24)31(48)28(33(2,3)4)39-25(43)13-21-14-26(44)40-32(49)37-21/h6,8-9,12,14-15,20,22,24,28,41H,5,7,10-11,13,16-17H2,1-4H3,(H,36,47)(H,38,46)(H,39,43)(H2,37,40,44,49)/t22-,24-,28+,34+/m0/s1. The first-order chi connectivity index (χ1) is 23.6. The molecule has 1 saturated carbocycles. The predicted molar refractivity (Wildman–Crippen MR) is 182 cm³/mol. The minimum atomic E-state index is -1.18. The number of rotatable bonds is 12. The molecule has 1 aromatic carbocycles. The SMILES string of the molecule is CCC[C@H](NC(=O)[C@@H]1C[C@]2(C=C(c3cccc(Cl)c3)NO2)CN1C(=O)[C@@H](NC(=O)Cc1cc(=O)[nH]c(=O)[nH]1)C(C)(C)C)C(=O)C(=O)NC1CC1. The minimum absolute atomic E-state index is 0.0121. The topological polar surface area (TPSA) is 212 Å². The number of carbonyl (C=O) groups excluding carboxylic acids is 5. The smallest absolute Gasteiger partial charge is 0.325 e. The molecular formula is C34H42ClN7O8. The van der Waals surface area contributed by atoms with Crippen molar-refractivity contribution in [3.8, 4) is 0 Å². The van der Waals surface area contributed by atoms with Crippen molar-refractivity contribution in [3.05, 3.63) is 73.5 Å². The molecule has 4 atom stereocenters. The molecule has 5 rings (SSSR count). The Kier molecular flexibility index (Phi) is 10.7. The molecule has 1 saturated heterocycles. The summed E-state index contributed by atoms with van der Waals surface area (Å²) in [6.45, 7) is 6.95. The lowest BCUT2D eigenvalue weighted by atomic mass is 9.85. The van der Waals surface area contributed by atoms with Gasteiger partial charge in [0.05, 0.1) is 24.7 Å². The molecule has 2 fully saturated rings. The number of Topliss-reactive ketones (excluding diaryl/α,β-unsaturated/α-hetero) is 1. The van der Waals surface area contributed by atoms with Gasteiger partial charge in [-0.2, -0.15) is 0 Å². The molecule has 1 spiro atoms. The lowest BCUT2D eigenvalue weighted by Crippen LogP contribution is -2.59. The first kappa shape index (κ1) is 36.5. The summed E-state index contributed by atoms with van der Waals surface area (Å²) < 4.78 is 0. The predicted octanol–water partition coefficient (Wildman–Crippen LogP) is 0.838. The quantitative estimate of drug-likeness (QED) is 0.172. The molecule has 1 aliphatic carbocycles. The third-order valence-electron chi connectivity index (χ3n) is 8.78. The number of nitrogens with one attached hydrogen (secondary N) is 6. The van der Waals surface area contributed by atoms with E-state index in [2.05, 4.69) is 26.4 Å². The number of hydrogen-bond acceptors (Lipinski definition) is 9. The number of amides is 4. The van der Waals surface area contributed by atoms with E-state index in [9.17, 15) is 33.6 Å². The molecule has 4 amide bonds. The van der Waals surface area contributed by atoms with E-state index in [-0.39, 0.29) is 31.1 Å². The lowest BCUT2D eigenvalue weighted by molar-refractivity contribution is -0.145.